The summed E-state index contributed by atoms with van der Waals surface area (Å²) in [5, 5.41) is 21.4. The van der Waals surface area contributed by atoms with Crippen LogP contribution >= 0.6 is 11.3 Å². The van der Waals surface area contributed by atoms with Gasteiger partial charge in [0.25, 0.3) is 0 Å². The second kappa shape index (κ2) is 12.1. The fourth-order valence-electron chi connectivity index (χ4n) is 6.09. The summed E-state index contributed by atoms with van der Waals surface area (Å²) in [5.41, 5.74) is -0.625. The van der Waals surface area contributed by atoms with Gasteiger partial charge >= 0.3 is 5.97 Å². The molecule has 210 valence electrons. The highest BCUT2D eigenvalue weighted by atomic mass is 32.1. The van der Waals surface area contributed by atoms with E-state index in [-0.39, 0.29) is 34.3 Å². The number of carboxylic acids is 1. The molecule has 0 saturated heterocycles. The second-order valence-corrected chi connectivity index (χ2v) is 14.0. The molecule has 6 nitrogen and oxygen atoms in total. The number of anilines is 1. The Morgan fingerprint density at radius 2 is 1.71 bits per heavy atom. The Balaban J connectivity index is 1.58. The number of aromatic carboxylic acids is 1. The first-order valence-electron chi connectivity index (χ1n) is 14.5. The Labute approximate surface area is 232 Å². The molecule has 0 bridgehead atoms. The molecule has 7 heteroatoms. The lowest BCUT2D eigenvalue weighted by Gasteiger charge is -2.42. The minimum Gasteiger partial charge on any atom is -0.477 e. The van der Waals surface area contributed by atoms with Gasteiger partial charge in [-0.05, 0) is 97.0 Å². The van der Waals surface area contributed by atoms with Crippen molar-refractivity contribution in [3.63, 3.8) is 0 Å². The zero-order chi connectivity index (χ0) is 27.5. The molecule has 0 spiro atoms. The van der Waals surface area contributed by atoms with Gasteiger partial charge in [0.2, 0.25) is 5.91 Å². The van der Waals surface area contributed by atoms with E-state index in [9.17, 15) is 19.8 Å². The minimum atomic E-state index is -1.03. The van der Waals surface area contributed by atoms with E-state index < -0.39 is 11.6 Å². The highest BCUT2D eigenvalue weighted by Crippen LogP contribution is 2.40. The van der Waals surface area contributed by atoms with Crippen LogP contribution in [0.2, 0.25) is 0 Å². The quantitative estimate of drug-likeness (QED) is 0.377. The Morgan fingerprint density at radius 3 is 2.29 bits per heavy atom. The van der Waals surface area contributed by atoms with Crippen molar-refractivity contribution in [1.82, 2.24) is 0 Å². The summed E-state index contributed by atoms with van der Waals surface area (Å²) in [5.74, 6) is 5.88. The smallest absolute Gasteiger partial charge is 0.348 e. The van der Waals surface area contributed by atoms with Crippen molar-refractivity contribution in [2.24, 2.45) is 17.3 Å². The van der Waals surface area contributed by atoms with Crippen LogP contribution in [0, 0.1) is 29.1 Å². The van der Waals surface area contributed by atoms with Crippen LogP contribution in [0.5, 0.6) is 0 Å². The van der Waals surface area contributed by atoms with Crippen molar-refractivity contribution in [2.45, 2.75) is 122 Å². The van der Waals surface area contributed by atoms with Gasteiger partial charge in [0.1, 0.15) is 4.88 Å². The molecule has 0 atom stereocenters. The number of carboxylic acid groups (broad SMARTS) is 1. The minimum absolute atomic E-state index is 0.0326. The lowest BCUT2D eigenvalue weighted by atomic mass is 9.79. The number of nitrogens with zero attached hydrogens (tertiary/aromatic N) is 1. The van der Waals surface area contributed by atoms with Crippen molar-refractivity contribution in [1.29, 1.82) is 0 Å². The zero-order valence-electron chi connectivity index (χ0n) is 23.6. The molecule has 1 aromatic rings. The normalized spacial score (nSPS) is 28.5. The van der Waals surface area contributed by atoms with Gasteiger partial charge in [-0.3, -0.25) is 4.79 Å². The summed E-state index contributed by atoms with van der Waals surface area (Å²) in [7, 11) is 0. The van der Waals surface area contributed by atoms with E-state index in [1.807, 2.05) is 20.8 Å². The molecule has 4 rings (SSSR count). The predicted octanol–water partition coefficient (Wildman–Crippen LogP) is 6.64. The van der Waals surface area contributed by atoms with E-state index in [1.165, 1.54) is 12.8 Å². The molecule has 3 aliphatic rings. The summed E-state index contributed by atoms with van der Waals surface area (Å²) >= 11 is 1.15. The van der Waals surface area contributed by atoms with Crippen LogP contribution in [0.1, 0.15) is 119 Å². The predicted molar refractivity (Wildman–Crippen MR) is 152 cm³/mol. The molecular formula is C31H45NO5S. The summed E-state index contributed by atoms with van der Waals surface area (Å²) in [4.78, 5) is 29.1. The highest BCUT2D eigenvalue weighted by Gasteiger charge is 2.41. The van der Waals surface area contributed by atoms with Gasteiger partial charge in [0.15, 0.2) is 0 Å². The summed E-state index contributed by atoms with van der Waals surface area (Å²) in [6, 6.07) is 1.66. The third-order valence-corrected chi connectivity index (χ3v) is 9.50. The standard InChI is InChI=1S/C31H45NO5S/c1-21-9-11-22(12-10-21)28(33)32(26-19-25(15-16-30(2,3)4)38-27(26)29(34)35)23-13-17-31(36,18-14-23)20-37-24-7-5-6-8-24/h19,21-24,36H,5-14,17-18,20H2,1-4H3,(H,34,35)/t21-,22-,23-,31-. The van der Waals surface area contributed by atoms with Crippen molar-refractivity contribution < 1.29 is 24.5 Å². The van der Waals surface area contributed by atoms with Crippen molar-refractivity contribution in [3.05, 3.63) is 15.8 Å². The van der Waals surface area contributed by atoms with E-state index >= 15 is 0 Å². The number of amides is 1. The number of thiophene rings is 1. The molecule has 3 aliphatic carbocycles. The van der Waals surface area contributed by atoms with Crippen LogP contribution in [0.3, 0.4) is 0 Å². The van der Waals surface area contributed by atoms with Crippen molar-refractivity contribution in [3.8, 4) is 11.8 Å². The summed E-state index contributed by atoms with van der Waals surface area (Å²) in [6.45, 7) is 8.63. The Bertz CT molecular complexity index is 1040. The van der Waals surface area contributed by atoms with Crippen molar-refractivity contribution >= 4 is 28.9 Å². The van der Waals surface area contributed by atoms with E-state index in [0.29, 0.717) is 48.8 Å². The van der Waals surface area contributed by atoms with Crippen LogP contribution in [-0.4, -0.2) is 46.4 Å². The van der Waals surface area contributed by atoms with Gasteiger partial charge in [-0.25, -0.2) is 4.79 Å². The maximum atomic E-state index is 14.1. The molecule has 1 heterocycles. The number of ether oxygens (including phenoxy) is 1. The first-order valence-corrected chi connectivity index (χ1v) is 15.3. The SMILES string of the molecule is CC(C)(C)C#Cc1cc(N(C(=O)[C@H]2CC[C@H](C)CC2)[C@H]2CC[C@@](O)(COC3CCCC3)CC2)c(C(=O)O)s1. The van der Waals surface area contributed by atoms with Gasteiger partial charge < -0.3 is 19.8 Å². The molecule has 2 N–H and O–H groups in total. The molecule has 0 unspecified atom stereocenters. The number of rotatable bonds is 7. The van der Waals surface area contributed by atoms with Crippen LogP contribution in [0.4, 0.5) is 5.69 Å². The van der Waals surface area contributed by atoms with Gasteiger partial charge in [0, 0.05) is 17.4 Å². The largest absolute Gasteiger partial charge is 0.477 e. The van der Waals surface area contributed by atoms with Gasteiger partial charge in [0.05, 0.1) is 28.9 Å². The third-order valence-electron chi connectivity index (χ3n) is 8.47. The number of carbonyl (C=O) groups is 2. The van der Waals surface area contributed by atoms with Gasteiger partial charge in [-0.15, -0.1) is 11.3 Å². The van der Waals surface area contributed by atoms with Gasteiger partial charge in [-0.1, -0.05) is 31.6 Å². The molecule has 3 fully saturated rings. The van der Waals surface area contributed by atoms with E-state index in [1.54, 1.807) is 11.0 Å². The molecule has 0 radical (unpaired) electrons. The fraction of sp³-hybridized carbons (Fsp3) is 0.742. The molecular weight excluding hydrogens is 498 g/mol. The molecule has 0 aliphatic heterocycles. The van der Waals surface area contributed by atoms with Crippen LogP contribution in [-0.2, 0) is 9.53 Å². The number of carbonyl (C=O) groups excluding carboxylic acids is 1. The first kappa shape index (κ1) is 29.1. The lowest BCUT2D eigenvalue weighted by molar-refractivity contribution is -0.125. The highest BCUT2D eigenvalue weighted by molar-refractivity contribution is 7.15. The molecule has 1 amide bonds. The zero-order valence-corrected chi connectivity index (χ0v) is 24.4. The maximum absolute atomic E-state index is 14.1. The average molecular weight is 544 g/mol. The van der Waals surface area contributed by atoms with E-state index in [0.717, 1.165) is 49.9 Å². The number of aliphatic hydroxyl groups is 1. The lowest BCUT2D eigenvalue weighted by Crippen LogP contribution is -2.50. The van der Waals surface area contributed by atoms with Crippen LogP contribution in [0.15, 0.2) is 6.07 Å². The summed E-state index contributed by atoms with van der Waals surface area (Å²) in [6.07, 6.45) is 10.8. The fourth-order valence-corrected chi connectivity index (χ4v) is 6.94. The first-order chi connectivity index (χ1) is 17.9. The summed E-state index contributed by atoms with van der Waals surface area (Å²) < 4.78 is 6.06. The van der Waals surface area contributed by atoms with Crippen LogP contribution in [0.25, 0.3) is 0 Å². The van der Waals surface area contributed by atoms with Gasteiger partial charge in [-0.2, -0.15) is 0 Å². The van der Waals surface area contributed by atoms with E-state index in [2.05, 4.69) is 18.8 Å². The molecule has 0 aromatic carbocycles. The van der Waals surface area contributed by atoms with Crippen molar-refractivity contribution in [2.75, 3.05) is 11.5 Å². The van der Waals surface area contributed by atoms with Crippen LogP contribution < -0.4 is 4.90 Å². The Kier molecular flexibility index (Phi) is 9.27. The molecule has 38 heavy (non-hydrogen) atoms. The topological polar surface area (TPSA) is 87.1 Å². The maximum Gasteiger partial charge on any atom is 0.348 e. The monoisotopic (exact) mass is 543 g/mol. The Morgan fingerprint density at radius 1 is 1.08 bits per heavy atom. The molecule has 3 saturated carbocycles. The molecule has 1 aromatic heterocycles. The second-order valence-electron chi connectivity index (χ2n) is 13.0. The van der Waals surface area contributed by atoms with E-state index in [4.69, 9.17) is 4.74 Å². The Hall–Kier alpha value is -1.88. The number of hydrogen-bond acceptors (Lipinski definition) is 5. The average Bonchev–Trinajstić information content (AvgIpc) is 3.53. The third kappa shape index (κ3) is 7.40. The number of hydrogen-bond donors (Lipinski definition) is 2.